The predicted octanol–water partition coefficient (Wildman–Crippen LogP) is 2.35. The van der Waals surface area contributed by atoms with Gasteiger partial charge in [-0.25, -0.2) is 0 Å². The molecule has 1 unspecified atom stereocenters. The number of benzene rings is 1. The van der Waals surface area contributed by atoms with Crippen LogP contribution in [-0.2, 0) is 11.1 Å². The van der Waals surface area contributed by atoms with Crippen LogP contribution in [-0.4, -0.2) is 13.7 Å². The second-order valence-corrected chi connectivity index (χ2v) is 3.72. The molecule has 0 aliphatic rings. The lowest BCUT2D eigenvalue weighted by Crippen LogP contribution is -1.85. The lowest BCUT2D eigenvalue weighted by molar-refractivity contribution is 0.538. The zero-order valence-corrected chi connectivity index (χ0v) is 8.19. The van der Waals surface area contributed by atoms with Crippen molar-refractivity contribution in [1.82, 2.24) is 4.98 Å². The highest BCUT2D eigenvalue weighted by Gasteiger charge is 2.03. The molecule has 6 nitrogen and oxygen atoms in total. The normalized spacial score (nSPS) is 12.3. The van der Waals surface area contributed by atoms with Gasteiger partial charge in [0.25, 0.3) is 0 Å². The third kappa shape index (κ3) is 1.71. The van der Waals surface area contributed by atoms with Gasteiger partial charge in [-0.2, -0.15) is 0 Å². The van der Waals surface area contributed by atoms with Crippen molar-refractivity contribution in [2.75, 3.05) is 0 Å². The summed E-state index contributed by atoms with van der Waals surface area (Å²) in [4.78, 5) is 5.64. The lowest BCUT2D eigenvalue weighted by atomic mass is 10.2. The third-order valence-electron chi connectivity index (χ3n) is 1.97. The number of aromatic amines is 1. The molecule has 0 aliphatic heterocycles. The van der Waals surface area contributed by atoms with Gasteiger partial charge >= 0.3 is 0 Å². The Morgan fingerprint density at radius 2 is 2.33 bits per heavy atom. The molecular weight excluding hydrogens is 216 g/mol. The zero-order valence-electron chi connectivity index (χ0n) is 7.38. The molecule has 0 saturated carbocycles. The van der Waals surface area contributed by atoms with Gasteiger partial charge in [-0.1, -0.05) is 17.2 Å². The second-order valence-electron chi connectivity index (χ2n) is 2.81. The molecule has 1 aromatic heterocycles. The van der Waals surface area contributed by atoms with Crippen molar-refractivity contribution < 1.29 is 8.76 Å². The number of nitrogens with zero attached hydrogens (tertiary/aromatic N) is 3. The van der Waals surface area contributed by atoms with Crippen molar-refractivity contribution in [2.45, 2.75) is 4.90 Å². The van der Waals surface area contributed by atoms with Gasteiger partial charge in [0, 0.05) is 27.7 Å². The molecule has 2 aromatic rings. The Balaban J connectivity index is 2.66. The summed E-state index contributed by atoms with van der Waals surface area (Å²) in [5.41, 5.74) is 9.30. The van der Waals surface area contributed by atoms with Crippen LogP contribution in [0.5, 0.6) is 0 Å². The van der Waals surface area contributed by atoms with Gasteiger partial charge in [0.2, 0.25) is 0 Å². The summed E-state index contributed by atoms with van der Waals surface area (Å²) >= 11 is -2.27. The fourth-order valence-electron chi connectivity index (χ4n) is 1.34. The molecule has 0 amide bonds. The number of fused-ring (bicyclic) bond motifs is 1. The molecule has 1 aromatic carbocycles. The molecule has 2 rings (SSSR count). The molecule has 0 saturated heterocycles. The van der Waals surface area contributed by atoms with E-state index < -0.39 is 11.1 Å². The van der Waals surface area contributed by atoms with E-state index in [1.165, 1.54) is 6.20 Å². The molecule has 0 bridgehead atoms. The molecule has 76 valence electrons. The topological polar surface area (TPSA) is 105 Å². The molecule has 0 spiro atoms. The maximum absolute atomic E-state index is 10.8. The number of hydrogen-bond acceptors (Lipinski definition) is 3. The van der Waals surface area contributed by atoms with Gasteiger partial charge in [0.1, 0.15) is 0 Å². The average Bonchev–Trinajstić information content (AvgIpc) is 2.61. The number of nitrogens with one attached hydrogen (secondary N) is 1. The highest BCUT2D eigenvalue weighted by molar-refractivity contribution is 7.79. The summed E-state index contributed by atoms with van der Waals surface area (Å²) in [6.07, 6.45) is 1.40. The summed E-state index contributed by atoms with van der Waals surface area (Å²) in [7, 11) is 0. The fraction of sp³-hybridized carbons (Fsp3) is 0. The van der Waals surface area contributed by atoms with E-state index in [1.54, 1.807) is 18.2 Å². The quantitative estimate of drug-likeness (QED) is 0.364. The number of H-pyrrole nitrogens is 1. The van der Waals surface area contributed by atoms with E-state index in [0.29, 0.717) is 16.6 Å². The smallest absolute Gasteiger partial charge is 0.0502 e. The summed E-state index contributed by atoms with van der Waals surface area (Å²) in [6.45, 7) is 0. The van der Waals surface area contributed by atoms with E-state index in [0.717, 1.165) is 0 Å². The average molecular weight is 221 g/mol. The Morgan fingerprint density at radius 1 is 1.53 bits per heavy atom. The summed E-state index contributed by atoms with van der Waals surface area (Å²) in [5, 5.41) is 4.00. The third-order valence-corrected chi connectivity index (χ3v) is 2.66. The van der Waals surface area contributed by atoms with Crippen molar-refractivity contribution in [3.8, 4) is 0 Å². The van der Waals surface area contributed by atoms with Crippen LogP contribution < -0.4 is 0 Å². The van der Waals surface area contributed by atoms with Gasteiger partial charge < -0.3 is 9.54 Å². The standard InChI is InChI=1S/C8H6N4O2S/c9-12-11-5-1-2-6-7(3-5)10-4-8(6)15(13)14/h1-4,10H,(H,13,14)/p-1. The van der Waals surface area contributed by atoms with Crippen LogP contribution in [0.15, 0.2) is 34.4 Å². The largest absolute Gasteiger partial charge is 0.768 e. The monoisotopic (exact) mass is 221 g/mol. The fourth-order valence-corrected chi connectivity index (χ4v) is 1.85. The van der Waals surface area contributed by atoms with Crippen LogP contribution in [0.3, 0.4) is 0 Å². The SMILES string of the molecule is [N-]=[N+]=Nc1ccc2c(S(=O)[O-])c[nH]c2c1. The number of aromatic nitrogens is 1. The summed E-state index contributed by atoms with van der Waals surface area (Å²) in [5.74, 6) is 0. The first-order valence-electron chi connectivity index (χ1n) is 3.98. The minimum absolute atomic E-state index is 0.206. The molecule has 7 heteroatoms. The molecule has 0 fully saturated rings. The molecule has 15 heavy (non-hydrogen) atoms. The second kappa shape index (κ2) is 3.74. The lowest BCUT2D eigenvalue weighted by Gasteiger charge is -2.01. The minimum atomic E-state index is -2.27. The van der Waals surface area contributed by atoms with E-state index in [2.05, 4.69) is 15.0 Å². The van der Waals surface area contributed by atoms with Crippen LogP contribution in [0.25, 0.3) is 21.3 Å². The van der Waals surface area contributed by atoms with E-state index in [9.17, 15) is 8.76 Å². The Labute approximate surface area is 86.8 Å². The van der Waals surface area contributed by atoms with Crippen molar-refractivity contribution in [3.05, 3.63) is 34.8 Å². The van der Waals surface area contributed by atoms with Gasteiger partial charge in [0.05, 0.1) is 4.90 Å². The first-order chi connectivity index (χ1) is 7.22. The Bertz CT molecular complexity index is 585. The van der Waals surface area contributed by atoms with E-state index in [1.807, 2.05) is 0 Å². The van der Waals surface area contributed by atoms with Crippen LogP contribution in [0.2, 0.25) is 0 Å². The molecule has 1 heterocycles. The Morgan fingerprint density at radius 3 is 3.00 bits per heavy atom. The van der Waals surface area contributed by atoms with Gasteiger partial charge in [-0.15, -0.1) is 0 Å². The van der Waals surface area contributed by atoms with Crippen LogP contribution >= 0.6 is 0 Å². The maximum atomic E-state index is 10.8. The summed E-state index contributed by atoms with van der Waals surface area (Å²) < 4.78 is 21.6. The van der Waals surface area contributed by atoms with Crippen LogP contribution in [0.4, 0.5) is 5.69 Å². The van der Waals surface area contributed by atoms with Crippen molar-refractivity contribution >= 4 is 27.7 Å². The highest BCUT2D eigenvalue weighted by Crippen LogP contribution is 2.25. The van der Waals surface area contributed by atoms with E-state index >= 15 is 0 Å². The maximum Gasteiger partial charge on any atom is 0.0502 e. The van der Waals surface area contributed by atoms with Crippen LogP contribution in [0, 0.1) is 0 Å². The zero-order chi connectivity index (χ0) is 10.8. The van der Waals surface area contributed by atoms with E-state index in [-0.39, 0.29) is 4.90 Å². The van der Waals surface area contributed by atoms with Gasteiger partial charge in [0.15, 0.2) is 0 Å². The predicted molar refractivity (Wildman–Crippen MR) is 54.3 cm³/mol. The number of hydrogen-bond donors (Lipinski definition) is 1. The molecule has 0 aliphatic carbocycles. The van der Waals surface area contributed by atoms with Crippen molar-refractivity contribution in [2.24, 2.45) is 5.11 Å². The molecule has 1 N–H and O–H groups in total. The number of rotatable bonds is 2. The number of azide groups is 1. The molecule has 1 atom stereocenters. The van der Waals surface area contributed by atoms with Crippen molar-refractivity contribution in [3.63, 3.8) is 0 Å². The highest BCUT2D eigenvalue weighted by atomic mass is 32.2. The Kier molecular flexibility index (Phi) is 2.42. The van der Waals surface area contributed by atoms with Gasteiger partial charge in [-0.05, 0) is 22.7 Å². The van der Waals surface area contributed by atoms with Gasteiger partial charge in [-0.3, -0.25) is 4.21 Å². The Hall–Kier alpha value is -1.82. The summed E-state index contributed by atoms with van der Waals surface area (Å²) in [6, 6.07) is 4.75. The molecule has 0 radical (unpaired) electrons. The first kappa shape index (κ1) is 9.72. The molecular formula is C8H5N4O2S-. The van der Waals surface area contributed by atoms with Crippen molar-refractivity contribution in [1.29, 1.82) is 0 Å². The van der Waals surface area contributed by atoms with Crippen LogP contribution in [0.1, 0.15) is 0 Å². The van der Waals surface area contributed by atoms with E-state index in [4.69, 9.17) is 5.53 Å². The first-order valence-corrected chi connectivity index (χ1v) is 5.05. The minimum Gasteiger partial charge on any atom is -0.768 e.